The number of carbonyl (C=O) groups is 1. The molecule has 0 bridgehead atoms. The van der Waals surface area contributed by atoms with Crippen molar-refractivity contribution in [3.63, 3.8) is 0 Å². The molecule has 1 aliphatic rings. The van der Waals surface area contributed by atoms with Crippen LogP contribution >= 0.6 is 0 Å². The second kappa shape index (κ2) is 7.75. The first-order valence-electron chi connectivity index (χ1n) is 8.81. The van der Waals surface area contributed by atoms with Gasteiger partial charge in [0.05, 0.1) is 23.9 Å². The summed E-state index contributed by atoms with van der Waals surface area (Å²) in [6.45, 7) is 0. The Morgan fingerprint density at radius 2 is 2.15 bits per heavy atom. The van der Waals surface area contributed by atoms with Crippen LogP contribution in [-0.4, -0.2) is 54.4 Å². The molecular weight excluding hydrogens is 350 g/mol. The number of hydrogen-bond donors (Lipinski definition) is 2. The van der Waals surface area contributed by atoms with Crippen molar-refractivity contribution in [2.75, 3.05) is 7.05 Å². The number of amides is 1. The molecule has 0 spiro atoms. The second-order valence-corrected chi connectivity index (χ2v) is 6.74. The van der Waals surface area contributed by atoms with E-state index in [1.807, 2.05) is 0 Å². The van der Waals surface area contributed by atoms with E-state index < -0.39 is 29.4 Å². The van der Waals surface area contributed by atoms with Gasteiger partial charge in [0, 0.05) is 38.6 Å². The Balaban J connectivity index is 1.76. The minimum atomic E-state index is -0.915. The molecule has 0 aromatic carbocycles. The monoisotopic (exact) mass is 373 g/mol. The van der Waals surface area contributed by atoms with E-state index in [9.17, 15) is 19.5 Å². The summed E-state index contributed by atoms with van der Waals surface area (Å²) >= 11 is 0. The van der Waals surface area contributed by atoms with E-state index >= 15 is 0 Å². The van der Waals surface area contributed by atoms with Gasteiger partial charge in [0.15, 0.2) is 0 Å². The molecule has 1 aliphatic carbocycles. The van der Waals surface area contributed by atoms with Crippen LogP contribution < -0.4 is 11.2 Å². The van der Waals surface area contributed by atoms with Crippen LogP contribution in [0.3, 0.4) is 0 Å². The van der Waals surface area contributed by atoms with Gasteiger partial charge in [0.1, 0.15) is 0 Å². The van der Waals surface area contributed by atoms with Gasteiger partial charge in [-0.3, -0.25) is 23.8 Å². The highest BCUT2D eigenvalue weighted by Crippen LogP contribution is 2.30. The van der Waals surface area contributed by atoms with Crippen molar-refractivity contribution >= 4 is 12.0 Å². The molecule has 9 nitrogen and oxygen atoms in total. The van der Waals surface area contributed by atoms with Crippen molar-refractivity contribution in [1.82, 2.24) is 24.2 Å². The number of aromatic amines is 1. The molecular formula is C18H23N5O4. The molecule has 2 heterocycles. The van der Waals surface area contributed by atoms with Crippen molar-refractivity contribution in [1.29, 1.82) is 0 Å². The highest BCUT2D eigenvalue weighted by molar-refractivity contribution is 5.91. The van der Waals surface area contributed by atoms with Crippen LogP contribution in [0.1, 0.15) is 31.0 Å². The molecule has 144 valence electrons. The maximum atomic E-state index is 12.5. The van der Waals surface area contributed by atoms with Gasteiger partial charge >= 0.3 is 5.69 Å². The fourth-order valence-electron chi connectivity index (χ4n) is 3.53. The van der Waals surface area contributed by atoms with E-state index in [1.54, 1.807) is 37.1 Å². The number of hydrogen-bond acceptors (Lipinski definition) is 5. The highest BCUT2D eigenvalue weighted by atomic mass is 16.3. The van der Waals surface area contributed by atoms with Crippen molar-refractivity contribution < 1.29 is 9.90 Å². The summed E-state index contributed by atoms with van der Waals surface area (Å²) in [7, 11) is 3.42. The van der Waals surface area contributed by atoms with Crippen LogP contribution in [0, 0.1) is 0 Å². The lowest BCUT2D eigenvalue weighted by atomic mass is 9.87. The standard InChI is InChI=1S/C18H23N5O4/c1-21(16(25)7-6-12-8-10-19-22(12)2)13-4-3-5-14(17(13)26)23-11-9-15(24)20-18(23)27/h6-11,13-14,17,26H,3-5H2,1-2H3,(H,20,24,27)/t13-,14-,17-/m0/s1. The van der Waals surface area contributed by atoms with Gasteiger partial charge in [0.25, 0.3) is 5.56 Å². The lowest BCUT2D eigenvalue weighted by Gasteiger charge is -2.39. The van der Waals surface area contributed by atoms with Gasteiger partial charge in [-0.15, -0.1) is 0 Å². The number of likely N-dealkylation sites (N-methyl/N-ethyl adjacent to an activating group) is 1. The number of aromatic nitrogens is 4. The largest absolute Gasteiger partial charge is 0.389 e. The number of aliphatic hydroxyl groups is 1. The van der Waals surface area contributed by atoms with E-state index in [4.69, 9.17) is 0 Å². The van der Waals surface area contributed by atoms with Gasteiger partial charge in [0.2, 0.25) is 5.91 Å². The quantitative estimate of drug-likeness (QED) is 0.727. The molecule has 2 aromatic heterocycles. The fourth-order valence-corrected chi connectivity index (χ4v) is 3.53. The fraction of sp³-hybridized carbons (Fsp3) is 0.444. The molecule has 1 amide bonds. The molecule has 2 aromatic rings. The van der Waals surface area contributed by atoms with Crippen LogP contribution in [0.25, 0.3) is 6.08 Å². The van der Waals surface area contributed by atoms with E-state index in [-0.39, 0.29) is 5.91 Å². The first-order valence-corrected chi connectivity index (χ1v) is 8.81. The SMILES string of the molecule is CN(C(=O)C=Cc1ccnn1C)[C@H]1CCC[C@H](n2ccc(=O)[nH]c2=O)[C@H]1O. The minimum absolute atomic E-state index is 0.241. The van der Waals surface area contributed by atoms with Crippen molar-refractivity contribution in [2.45, 2.75) is 37.5 Å². The van der Waals surface area contributed by atoms with E-state index in [2.05, 4.69) is 10.1 Å². The number of aliphatic hydroxyl groups excluding tert-OH is 1. The predicted molar refractivity (Wildman–Crippen MR) is 99.0 cm³/mol. The topological polar surface area (TPSA) is 113 Å². The zero-order valence-electron chi connectivity index (χ0n) is 15.3. The Hall–Kier alpha value is -2.94. The van der Waals surface area contributed by atoms with Gasteiger partial charge in [-0.05, 0) is 31.4 Å². The molecule has 2 N–H and O–H groups in total. The first kappa shape index (κ1) is 18.8. The summed E-state index contributed by atoms with van der Waals surface area (Å²) < 4.78 is 2.99. The van der Waals surface area contributed by atoms with Crippen LogP contribution in [-0.2, 0) is 11.8 Å². The van der Waals surface area contributed by atoms with Gasteiger partial charge in [-0.25, -0.2) is 4.79 Å². The molecule has 0 aliphatic heterocycles. The van der Waals surface area contributed by atoms with E-state index in [0.29, 0.717) is 12.8 Å². The number of H-pyrrole nitrogens is 1. The molecule has 3 rings (SSSR count). The van der Waals surface area contributed by atoms with Gasteiger partial charge in [-0.2, -0.15) is 5.10 Å². The molecule has 1 saturated carbocycles. The summed E-state index contributed by atoms with van der Waals surface area (Å²) in [4.78, 5) is 39.6. The molecule has 0 saturated heterocycles. The lowest BCUT2D eigenvalue weighted by Crippen LogP contribution is -2.51. The maximum Gasteiger partial charge on any atom is 0.328 e. The average Bonchev–Trinajstić information content (AvgIpc) is 3.05. The third kappa shape index (κ3) is 3.92. The van der Waals surface area contributed by atoms with Crippen molar-refractivity contribution in [3.05, 3.63) is 57.1 Å². The lowest BCUT2D eigenvalue weighted by molar-refractivity contribution is -0.131. The van der Waals surface area contributed by atoms with Gasteiger partial charge in [-0.1, -0.05) is 0 Å². The molecule has 0 unspecified atom stereocenters. The molecule has 27 heavy (non-hydrogen) atoms. The van der Waals surface area contributed by atoms with Gasteiger partial charge < -0.3 is 10.0 Å². The number of nitrogens with one attached hydrogen (secondary N) is 1. The first-order chi connectivity index (χ1) is 12.9. The number of aryl methyl sites for hydroxylation is 1. The van der Waals surface area contributed by atoms with E-state index in [1.165, 1.54) is 27.8 Å². The molecule has 1 fully saturated rings. The number of nitrogens with zero attached hydrogens (tertiary/aromatic N) is 4. The van der Waals surface area contributed by atoms with E-state index in [0.717, 1.165) is 12.1 Å². The van der Waals surface area contributed by atoms with Crippen LogP contribution in [0.15, 0.2) is 40.2 Å². The van der Waals surface area contributed by atoms with Crippen LogP contribution in [0.2, 0.25) is 0 Å². The predicted octanol–water partition coefficient (Wildman–Crippen LogP) is -0.104. The third-order valence-electron chi connectivity index (χ3n) is 5.10. The van der Waals surface area contributed by atoms with Crippen molar-refractivity contribution in [2.24, 2.45) is 7.05 Å². The summed E-state index contributed by atoms with van der Waals surface area (Å²) in [5.74, 6) is -0.241. The zero-order valence-corrected chi connectivity index (χ0v) is 15.3. The van der Waals surface area contributed by atoms with Crippen LogP contribution in [0.5, 0.6) is 0 Å². The highest BCUT2D eigenvalue weighted by Gasteiger charge is 2.36. The Morgan fingerprint density at radius 1 is 1.37 bits per heavy atom. The summed E-state index contributed by atoms with van der Waals surface area (Å²) in [6, 6.07) is 2.12. The maximum absolute atomic E-state index is 12.5. The number of rotatable bonds is 4. The summed E-state index contributed by atoms with van der Waals surface area (Å²) in [6.07, 6.45) is 7.22. The third-order valence-corrected chi connectivity index (χ3v) is 5.10. The molecule has 3 atom stereocenters. The minimum Gasteiger partial charge on any atom is -0.389 e. The second-order valence-electron chi connectivity index (χ2n) is 6.74. The summed E-state index contributed by atoms with van der Waals surface area (Å²) in [5, 5.41) is 14.8. The average molecular weight is 373 g/mol. The number of carbonyl (C=O) groups excluding carboxylic acids is 1. The zero-order chi connectivity index (χ0) is 19.6. The molecule has 9 heteroatoms. The van der Waals surface area contributed by atoms with Crippen LogP contribution in [0.4, 0.5) is 0 Å². The Kier molecular flexibility index (Phi) is 5.41. The Labute approximate surface area is 155 Å². The molecule has 0 radical (unpaired) electrons. The smallest absolute Gasteiger partial charge is 0.328 e. The normalized spacial score (nSPS) is 22.9. The summed E-state index contributed by atoms with van der Waals surface area (Å²) in [5.41, 5.74) is -0.249. The van der Waals surface area contributed by atoms with Crippen molar-refractivity contribution in [3.8, 4) is 0 Å². The Morgan fingerprint density at radius 3 is 2.81 bits per heavy atom. The Bertz CT molecular complexity index is 957.